The molecule has 0 aliphatic heterocycles. The van der Waals surface area contributed by atoms with Crippen LogP contribution in [0.5, 0.6) is 0 Å². The predicted octanol–water partition coefficient (Wildman–Crippen LogP) is 3.96. The Morgan fingerprint density at radius 3 is 2.85 bits per heavy atom. The molecule has 0 unspecified atom stereocenters. The van der Waals surface area contributed by atoms with Gasteiger partial charge in [-0.05, 0) is 12.0 Å². The Labute approximate surface area is 127 Å². The van der Waals surface area contributed by atoms with Crippen molar-refractivity contribution in [2.24, 2.45) is 0 Å². The molecule has 1 amide bonds. The van der Waals surface area contributed by atoms with Gasteiger partial charge in [0, 0.05) is 12.2 Å². The molecule has 0 aliphatic carbocycles. The number of carbonyl (C=O) groups excluding carboxylic acids is 1. The average Bonchev–Trinajstić information content (AvgIpc) is 2.91. The lowest BCUT2D eigenvalue weighted by Gasteiger charge is -1.98. The number of rotatable bonds is 7. The number of amides is 1. The molecule has 1 aromatic carbocycles. The zero-order chi connectivity index (χ0) is 14.2. The number of carbonyl (C=O) groups is 1. The molecule has 1 aromatic heterocycles. The van der Waals surface area contributed by atoms with Crippen molar-refractivity contribution in [3.63, 3.8) is 0 Å². The minimum atomic E-state index is 0.0163. The highest BCUT2D eigenvalue weighted by Gasteiger charge is 2.08. The zero-order valence-electron chi connectivity index (χ0n) is 11.3. The largest absolute Gasteiger partial charge is 0.301 e. The predicted molar refractivity (Wildman–Crippen MR) is 84.1 cm³/mol. The van der Waals surface area contributed by atoms with Crippen LogP contribution in [0.3, 0.4) is 0 Å². The highest BCUT2D eigenvalue weighted by molar-refractivity contribution is 8.00. The number of thioether (sulfide) groups is 1. The SMILES string of the molecule is CCCCC(=O)Nc1nnc(SCc2ccccc2)s1. The minimum absolute atomic E-state index is 0.0163. The van der Waals surface area contributed by atoms with Gasteiger partial charge in [-0.15, -0.1) is 10.2 Å². The molecular formula is C14H17N3OS2. The van der Waals surface area contributed by atoms with E-state index < -0.39 is 0 Å². The first-order valence-corrected chi connectivity index (χ1v) is 8.38. The van der Waals surface area contributed by atoms with Crippen LogP contribution in [-0.4, -0.2) is 16.1 Å². The number of nitrogens with one attached hydrogen (secondary N) is 1. The Morgan fingerprint density at radius 2 is 2.10 bits per heavy atom. The summed E-state index contributed by atoms with van der Waals surface area (Å²) >= 11 is 3.06. The third-order valence-corrected chi connectivity index (χ3v) is 4.66. The molecule has 20 heavy (non-hydrogen) atoms. The molecule has 1 N–H and O–H groups in total. The Bertz CT molecular complexity index is 542. The fourth-order valence-electron chi connectivity index (χ4n) is 1.56. The molecule has 0 atom stereocenters. The van der Waals surface area contributed by atoms with Crippen LogP contribution in [0.2, 0.25) is 0 Å². The molecule has 2 aromatic rings. The van der Waals surface area contributed by atoms with Crippen molar-refractivity contribution in [2.75, 3.05) is 5.32 Å². The van der Waals surface area contributed by atoms with E-state index in [-0.39, 0.29) is 5.91 Å². The van der Waals surface area contributed by atoms with Crippen molar-refractivity contribution in [1.82, 2.24) is 10.2 Å². The molecule has 0 aliphatic rings. The molecule has 0 saturated heterocycles. The topological polar surface area (TPSA) is 54.9 Å². The second-order valence-corrected chi connectivity index (χ2v) is 6.50. The van der Waals surface area contributed by atoms with Crippen molar-refractivity contribution in [2.45, 2.75) is 36.3 Å². The van der Waals surface area contributed by atoms with E-state index in [1.165, 1.54) is 16.9 Å². The van der Waals surface area contributed by atoms with Crippen LogP contribution >= 0.6 is 23.1 Å². The van der Waals surface area contributed by atoms with Gasteiger partial charge < -0.3 is 5.32 Å². The van der Waals surface area contributed by atoms with Gasteiger partial charge in [0.25, 0.3) is 0 Å². The smallest absolute Gasteiger partial charge is 0.226 e. The molecule has 0 saturated carbocycles. The standard InChI is InChI=1S/C14H17N3OS2/c1-2-3-9-12(18)15-13-16-17-14(20-13)19-10-11-7-5-4-6-8-11/h4-8H,2-3,9-10H2,1H3,(H,15,16,18). The fraction of sp³-hybridized carbons (Fsp3) is 0.357. The second kappa shape index (κ2) is 8.01. The summed E-state index contributed by atoms with van der Waals surface area (Å²) in [7, 11) is 0. The van der Waals surface area contributed by atoms with Crippen molar-refractivity contribution in [3.05, 3.63) is 35.9 Å². The van der Waals surface area contributed by atoms with E-state index in [0.29, 0.717) is 11.6 Å². The zero-order valence-corrected chi connectivity index (χ0v) is 13.0. The summed E-state index contributed by atoms with van der Waals surface area (Å²) in [6, 6.07) is 10.2. The number of unbranched alkanes of at least 4 members (excludes halogenated alkanes) is 1. The molecule has 106 valence electrons. The summed E-state index contributed by atoms with van der Waals surface area (Å²) in [5, 5.41) is 11.4. The van der Waals surface area contributed by atoms with Gasteiger partial charge in [0.2, 0.25) is 11.0 Å². The summed E-state index contributed by atoms with van der Waals surface area (Å²) < 4.78 is 0.875. The molecule has 4 nitrogen and oxygen atoms in total. The van der Waals surface area contributed by atoms with Crippen LogP contribution in [0.25, 0.3) is 0 Å². The molecule has 0 fully saturated rings. The van der Waals surface area contributed by atoms with Gasteiger partial charge in [0.15, 0.2) is 4.34 Å². The second-order valence-electron chi connectivity index (χ2n) is 4.30. The van der Waals surface area contributed by atoms with E-state index in [4.69, 9.17) is 0 Å². The van der Waals surface area contributed by atoms with Crippen LogP contribution in [0, 0.1) is 0 Å². The van der Waals surface area contributed by atoms with E-state index in [1.54, 1.807) is 11.8 Å². The summed E-state index contributed by atoms with van der Waals surface area (Å²) in [5.41, 5.74) is 1.25. The third kappa shape index (κ3) is 4.94. The lowest BCUT2D eigenvalue weighted by Crippen LogP contribution is -2.10. The highest BCUT2D eigenvalue weighted by Crippen LogP contribution is 2.28. The quantitative estimate of drug-likeness (QED) is 0.621. The van der Waals surface area contributed by atoms with Gasteiger partial charge in [-0.2, -0.15) is 0 Å². The molecule has 0 radical (unpaired) electrons. The van der Waals surface area contributed by atoms with Gasteiger partial charge in [-0.25, -0.2) is 0 Å². The molecule has 0 spiro atoms. The number of hydrogen-bond acceptors (Lipinski definition) is 5. The summed E-state index contributed by atoms with van der Waals surface area (Å²) in [5.74, 6) is 0.877. The van der Waals surface area contributed by atoms with Gasteiger partial charge in [-0.3, -0.25) is 4.79 Å². The Hall–Kier alpha value is -1.40. The van der Waals surface area contributed by atoms with Crippen LogP contribution in [0.4, 0.5) is 5.13 Å². The van der Waals surface area contributed by atoms with Crippen LogP contribution < -0.4 is 5.32 Å². The first-order valence-electron chi connectivity index (χ1n) is 6.58. The number of benzene rings is 1. The molecule has 2 rings (SSSR count). The van der Waals surface area contributed by atoms with E-state index in [1.807, 2.05) is 18.2 Å². The molecule has 6 heteroatoms. The van der Waals surface area contributed by atoms with Gasteiger partial charge in [-0.1, -0.05) is 66.8 Å². The number of nitrogens with zero attached hydrogens (tertiary/aromatic N) is 2. The normalized spacial score (nSPS) is 10.4. The van der Waals surface area contributed by atoms with Crippen molar-refractivity contribution in [1.29, 1.82) is 0 Å². The number of hydrogen-bond donors (Lipinski definition) is 1. The lowest BCUT2D eigenvalue weighted by molar-refractivity contribution is -0.116. The fourth-order valence-corrected chi connectivity index (χ4v) is 3.28. The maximum absolute atomic E-state index is 11.6. The molecule has 0 bridgehead atoms. The average molecular weight is 307 g/mol. The summed E-state index contributed by atoms with van der Waals surface area (Å²) in [4.78, 5) is 11.6. The maximum atomic E-state index is 11.6. The molecular weight excluding hydrogens is 290 g/mol. The number of aromatic nitrogens is 2. The first-order chi connectivity index (χ1) is 9.78. The van der Waals surface area contributed by atoms with E-state index in [0.717, 1.165) is 22.9 Å². The first kappa shape index (κ1) is 15.0. The van der Waals surface area contributed by atoms with Gasteiger partial charge >= 0.3 is 0 Å². The van der Waals surface area contributed by atoms with Crippen LogP contribution in [0.15, 0.2) is 34.7 Å². The van der Waals surface area contributed by atoms with Gasteiger partial charge in [0.1, 0.15) is 0 Å². The highest BCUT2D eigenvalue weighted by atomic mass is 32.2. The third-order valence-electron chi connectivity index (χ3n) is 2.62. The van der Waals surface area contributed by atoms with Gasteiger partial charge in [0.05, 0.1) is 0 Å². The van der Waals surface area contributed by atoms with Crippen molar-refractivity contribution in [3.8, 4) is 0 Å². The Morgan fingerprint density at radius 1 is 1.30 bits per heavy atom. The van der Waals surface area contributed by atoms with Crippen LogP contribution in [0.1, 0.15) is 31.7 Å². The van der Waals surface area contributed by atoms with E-state index in [2.05, 4.69) is 34.6 Å². The van der Waals surface area contributed by atoms with E-state index >= 15 is 0 Å². The Balaban J connectivity index is 1.81. The van der Waals surface area contributed by atoms with Crippen molar-refractivity contribution < 1.29 is 4.79 Å². The molecule has 1 heterocycles. The monoisotopic (exact) mass is 307 g/mol. The van der Waals surface area contributed by atoms with Crippen molar-refractivity contribution >= 4 is 34.1 Å². The number of anilines is 1. The van der Waals surface area contributed by atoms with E-state index in [9.17, 15) is 4.79 Å². The minimum Gasteiger partial charge on any atom is -0.301 e. The maximum Gasteiger partial charge on any atom is 0.226 e. The summed E-state index contributed by atoms with van der Waals surface area (Å²) in [6.07, 6.45) is 2.46. The lowest BCUT2D eigenvalue weighted by atomic mass is 10.2. The van der Waals surface area contributed by atoms with Crippen LogP contribution in [-0.2, 0) is 10.5 Å². The Kier molecular flexibility index (Phi) is 6.01. The summed E-state index contributed by atoms with van der Waals surface area (Å²) in [6.45, 7) is 2.07.